The SMILES string of the molecule is CCOC(=O)CCC[C@H]1[C@H]2SC[C@H](NC(=O)c3ccccc3)[C@]2(O)[C@]2(NC(=O)c3ccccc3)CS[C@H]1/C2=N/O. The molecule has 1 saturated carbocycles. The highest BCUT2D eigenvalue weighted by Crippen LogP contribution is 2.59. The summed E-state index contributed by atoms with van der Waals surface area (Å²) in [5.41, 5.74) is -1.91. The number of hydrogen-bond donors (Lipinski definition) is 4. The summed E-state index contributed by atoms with van der Waals surface area (Å²) in [5.74, 6) is -0.494. The number of fused-ring (bicyclic) bond motifs is 4. The third kappa shape index (κ3) is 4.88. The fraction of sp³-hybridized carbons (Fsp3) is 0.448. The van der Waals surface area contributed by atoms with E-state index >= 15 is 0 Å². The van der Waals surface area contributed by atoms with Crippen molar-refractivity contribution in [2.24, 2.45) is 11.1 Å². The number of ether oxygens (including phenoxy) is 1. The monoisotopic (exact) mass is 583 g/mol. The summed E-state index contributed by atoms with van der Waals surface area (Å²) in [5, 5.41) is 32.3. The zero-order valence-corrected chi connectivity index (χ0v) is 23.7. The Hall–Kier alpha value is -3.02. The number of nitrogens with one attached hydrogen (secondary N) is 2. The first-order valence-electron chi connectivity index (χ1n) is 13.4. The number of benzene rings is 2. The lowest BCUT2D eigenvalue weighted by atomic mass is 9.61. The normalized spacial score (nSPS) is 31.4. The Morgan fingerprint density at radius 1 is 1.02 bits per heavy atom. The van der Waals surface area contributed by atoms with Gasteiger partial charge < -0.3 is 25.7 Å². The number of carbonyl (C=O) groups is 3. The minimum Gasteiger partial charge on any atom is -0.466 e. The van der Waals surface area contributed by atoms with Gasteiger partial charge in [0.1, 0.15) is 11.1 Å². The van der Waals surface area contributed by atoms with Gasteiger partial charge in [0.25, 0.3) is 11.8 Å². The fourth-order valence-electron chi connectivity index (χ4n) is 6.26. The Morgan fingerprint density at radius 2 is 1.68 bits per heavy atom. The molecule has 0 spiro atoms. The summed E-state index contributed by atoms with van der Waals surface area (Å²) < 4.78 is 5.09. The Bertz CT molecular complexity index is 1280. The molecule has 2 saturated heterocycles. The van der Waals surface area contributed by atoms with Gasteiger partial charge in [-0.1, -0.05) is 41.6 Å². The van der Waals surface area contributed by atoms with Crippen LogP contribution in [0.25, 0.3) is 0 Å². The van der Waals surface area contributed by atoms with Gasteiger partial charge in [-0.3, -0.25) is 14.4 Å². The number of carbonyl (C=O) groups excluding carboxylic acids is 3. The molecule has 2 aliphatic heterocycles. The average Bonchev–Trinajstić information content (AvgIpc) is 3.48. The molecule has 2 amide bonds. The maximum Gasteiger partial charge on any atom is 0.305 e. The molecule has 5 rings (SSSR count). The van der Waals surface area contributed by atoms with Crippen LogP contribution >= 0.6 is 23.5 Å². The molecule has 212 valence electrons. The predicted octanol–water partition coefficient (Wildman–Crippen LogP) is 3.11. The van der Waals surface area contributed by atoms with Gasteiger partial charge in [-0.05, 0) is 49.9 Å². The van der Waals surface area contributed by atoms with E-state index in [9.17, 15) is 24.7 Å². The highest BCUT2D eigenvalue weighted by molar-refractivity contribution is 8.02. The van der Waals surface area contributed by atoms with Crippen LogP contribution in [0.15, 0.2) is 65.8 Å². The Kier molecular flexibility index (Phi) is 8.44. The molecule has 40 heavy (non-hydrogen) atoms. The summed E-state index contributed by atoms with van der Waals surface area (Å²) >= 11 is 3.07. The highest BCUT2D eigenvalue weighted by Gasteiger charge is 2.75. The molecule has 1 aliphatic carbocycles. The minimum atomic E-state index is -1.66. The lowest BCUT2D eigenvalue weighted by Gasteiger charge is -2.53. The molecule has 2 heterocycles. The van der Waals surface area contributed by atoms with Gasteiger partial charge in [0.05, 0.1) is 23.6 Å². The molecule has 11 heteroatoms. The first-order chi connectivity index (χ1) is 19.4. The topological polar surface area (TPSA) is 137 Å². The molecule has 2 bridgehead atoms. The first-order valence-corrected chi connectivity index (χ1v) is 15.5. The van der Waals surface area contributed by atoms with Crippen molar-refractivity contribution in [3.63, 3.8) is 0 Å². The number of hydrogen-bond acceptors (Lipinski definition) is 9. The fourth-order valence-corrected chi connectivity index (χ4v) is 10.1. The van der Waals surface area contributed by atoms with E-state index in [4.69, 9.17) is 4.74 Å². The molecule has 6 atom stereocenters. The molecule has 3 fully saturated rings. The van der Waals surface area contributed by atoms with Gasteiger partial charge in [-0.2, -0.15) is 11.8 Å². The van der Waals surface area contributed by atoms with Crippen molar-refractivity contribution in [2.75, 3.05) is 18.1 Å². The number of amides is 2. The van der Waals surface area contributed by atoms with Crippen molar-refractivity contribution in [3.8, 4) is 0 Å². The van der Waals surface area contributed by atoms with E-state index < -0.39 is 28.3 Å². The molecule has 0 radical (unpaired) electrons. The molecular formula is C29H33N3O6S2. The van der Waals surface area contributed by atoms with Crippen LogP contribution in [0.1, 0.15) is 46.9 Å². The Labute approximate surface area is 241 Å². The van der Waals surface area contributed by atoms with Gasteiger partial charge in [0, 0.05) is 34.3 Å². The van der Waals surface area contributed by atoms with E-state index in [0.29, 0.717) is 42.0 Å². The van der Waals surface area contributed by atoms with Crippen LogP contribution in [0.4, 0.5) is 0 Å². The Morgan fingerprint density at radius 3 is 2.30 bits per heavy atom. The summed E-state index contributed by atoms with van der Waals surface area (Å²) in [7, 11) is 0. The quantitative estimate of drug-likeness (QED) is 0.201. The standard InChI is InChI=1S/C29H33N3O6S2/c1-2-38-22(33)15-9-14-20-23-24(32-37)28(17-40-23,31-27(35)19-12-7-4-8-13-19)29(36)21(16-39-25(20)29)30-26(34)18-10-5-3-6-11-18/h3-8,10-13,20-21,23,25,36-37H,2,9,14-17H2,1H3,(H,30,34)(H,31,35)/b32-24-/t20-,21+,23-,25-,28+,29-/m1/s1. The molecule has 9 nitrogen and oxygen atoms in total. The third-order valence-electron chi connectivity index (χ3n) is 8.09. The number of aliphatic hydroxyl groups is 1. The van der Waals surface area contributed by atoms with E-state index in [-0.39, 0.29) is 35.2 Å². The van der Waals surface area contributed by atoms with E-state index in [0.717, 1.165) is 0 Å². The van der Waals surface area contributed by atoms with Crippen LogP contribution in [0.2, 0.25) is 0 Å². The van der Waals surface area contributed by atoms with Crippen molar-refractivity contribution in [1.82, 2.24) is 10.6 Å². The van der Waals surface area contributed by atoms with E-state index in [1.54, 1.807) is 67.2 Å². The number of esters is 1. The molecular weight excluding hydrogens is 550 g/mol. The third-order valence-corrected chi connectivity index (χ3v) is 11.2. The van der Waals surface area contributed by atoms with Gasteiger partial charge in [-0.25, -0.2) is 0 Å². The minimum absolute atomic E-state index is 0.164. The van der Waals surface area contributed by atoms with Crippen molar-refractivity contribution >= 4 is 47.0 Å². The molecule has 4 N–H and O–H groups in total. The lowest BCUT2D eigenvalue weighted by molar-refractivity contribution is -0.143. The molecule has 0 aromatic heterocycles. The number of nitrogens with zero attached hydrogens (tertiary/aromatic N) is 1. The summed E-state index contributed by atoms with van der Waals surface area (Å²) in [6.45, 7) is 2.08. The van der Waals surface area contributed by atoms with Crippen LogP contribution in [-0.2, 0) is 9.53 Å². The van der Waals surface area contributed by atoms with Crippen molar-refractivity contribution < 1.29 is 29.4 Å². The van der Waals surface area contributed by atoms with Crippen molar-refractivity contribution in [1.29, 1.82) is 0 Å². The zero-order chi connectivity index (χ0) is 28.3. The number of thioether (sulfide) groups is 2. The van der Waals surface area contributed by atoms with E-state index in [1.807, 2.05) is 12.1 Å². The van der Waals surface area contributed by atoms with Gasteiger partial charge in [-0.15, -0.1) is 11.8 Å². The van der Waals surface area contributed by atoms with Crippen LogP contribution in [0.3, 0.4) is 0 Å². The van der Waals surface area contributed by atoms with Crippen LogP contribution < -0.4 is 10.6 Å². The van der Waals surface area contributed by atoms with Gasteiger partial charge >= 0.3 is 5.97 Å². The van der Waals surface area contributed by atoms with Crippen LogP contribution in [0.5, 0.6) is 0 Å². The molecule has 3 aliphatic rings. The smallest absolute Gasteiger partial charge is 0.305 e. The maximum atomic E-state index is 13.5. The van der Waals surface area contributed by atoms with Crippen molar-refractivity contribution in [3.05, 3.63) is 71.8 Å². The second kappa shape index (κ2) is 11.8. The van der Waals surface area contributed by atoms with Crippen LogP contribution in [0, 0.1) is 5.92 Å². The largest absolute Gasteiger partial charge is 0.466 e. The molecule has 0 unspecified atom stereocenters. The maximum absolute atomic E-state index is 13.5. The molecule has 2 aromatic rings. The van der Waals surface area contributed by atoms with E-state index in [1.165, 1.54) is 11.8 Å². The summed E-state index contributed by atoms with van der Waals surface area (Å²) in [4.78, 5) is 38.8. The predicted molar refractivity (Wildman–Crippen MR) is 155 cm³/mol. The van der Waals surface area contributed by atoms with Crippen LogP contribution in [-0.4, -0.2) is 79.6 Å². The van der Waals surface area contributed by atoms with E-state index in [2.05, 4.69) is 15.8 Å². The second-order valence-electron chi connectivity index (χ2n) is 10.3. The number of oxime groups is 1. The zero-order valence-electron chi connectivity index (χ0n) is 22.1. The average molecular weight is 584 g/mol. The lowest BCUT2D eigenvalue weighted by Crippen LogP contribution is -2.80. The van der Waals surface area contributed by atoms with Gasteiger partial charge in [0.15, 0.2) is 0 Å². The molecule has 2 aromatic carbocycles. The first kappa shape index (κ1) is 28.5. The van der Waals surface area contributed by atoms with Crippen molar-refractivity contribution in [2.45, 2.75) is 53.9 Å². The summed E-state index contributed by atoms with van der Waals surface area (Å²) in [6, 6.07) is 16.7. The highest BCUT2D eigenvalue weighted by atomic mass is 32.2. The van der Waals surface area contributed by atoms with Gasteiger partial charge in [0.2, 0.25) is 0 Å². The summed E-state index contributed by atoms with van der Waals surface area (Å²) in [6.07, 6.45) is 1.36. The second-order valence-corrected chi connectivity index (χ2v) is 12.6. The number of rotatable bonds is 9. The Balaban J connectivity index is 1.50.